The van der Waals surface area contributed by atoms with Crippen LogP contribution in [0.4, 0.5) is 5.82 Å². The third kappa shape index (κ3) is 3.18. The maximum absolute atomic E-state index is 12.2. The van der Waals surface area contributed by atoms with Gasteiger partial charge in [-0.05, 0) is 39.4 Å². The summed E-state index contributed by atoms with van der Waals surface area (Å²) in [5, 5.41) is 0. The van der Waals surface area contributed by atoms with Crippen LogP contribution in [0.15, 0.2) is 29.1 Å². The quantitative estimate of drug-likeness (QED) is 0.851. The lowest BCUT2D eigenvalue weighted by Crippen LogP contribution is -2.47. The zero-order valence-electron chi connectivity index (χ0n) is 15.1. The second-order valence-corrected chi connectivity index (χ2v) is 7.61. The van der Waals surface area contributed by atoms with Gasteiger partial charge in [-0.25, -0.2) is 9.97 Å². The van der Waals surface area contributed by atoms with Crippen LogP contribution in [0, 0.1) is 12.8 Å². The van der Waals surface area contributed by atoms with E-state index in [1.165, 1.54) is 5.69 Å². The van der Waals surface area contributed by atoms with Crippen LogP contribution in [0.5, 0.6) is 0 Å². The minimum Gasteiger partial charge on any atom is -0.355 e. The molecule has 25 heavy (non-hydrogen) atoms. The maximum atomic E-state index is 12.2. The van der Waals surface area contributed by atoms with E-state index in [1.807, 2.05) is 17.6 Å². The monoisotopic (exact) mass is 339 g/mol. The third-order valence-electron chi connectivity index (χ3n) is 5.16. The van der Waals surface area contributed by atoms with Crippen LogP contribution in [0.2, 0.25) is 0 Å². The number of hydrogen-bond donors (Lipinski definition) is 0. The fourth-order valence-electron chi connectivity index (χ4n) is 4.26. The molecular formula is C19H25N5O. The van der Waals surface area contributed by atoms with Gasteiger partial charge in [-0.2, -0.15) is 0 Å². The van der Waals surface area contributed by atoms with Gasteiger partial charge in [-0.15, -0.1) is 0 Å². The van der Waals surface area contributed by atoms with Crippen LogP contribution in [-0.4, -0.2) is 46.6 Å². The van der Waals surface area contributed by atoms with Crippen molar-refractivity contribution in [3.8, 4) is 0 Å². The number of aromatic nitrogens is 3. The predicted octanol–water partition coefficient (Wildman–Crippen LogP) is 1.63. The number of rotatable bonds is 3. The van der Waals surface area contributed by atoms with Gasteiger partial charge in [-0.1, -0.05) is 6.07 Å². The second-order valence-electron chi connectivity index (χ2n) is 7.61. The molecule has 4 rings (SSSR count). The van der Waals surface area contributed by atoms with Crippen molar-refractivity contribution in [2.75, 3.05) is 32.1 Å². The van der Waals surface area contributed by atoms with E-state index in [0.29, 0.717) is 11.8 Å². The van der Waals surface area contributed by atoms with Crippen molar-refractivity contribution >= 4 is 5.82 Å². The first-order valence-corrected chi connectivity index (χ1v) is 8.93. The highest BCUT2D eigenvalue weighted by molar-refractivity contribution is 5.42. The molecule has 1 saturated heterocycles. The highest BCUT2D eigenvalue weighted by atomic mass is 16.1. The molecule has 2 atom stereocenters. The topological polar surface area (TPSA) is 54.3 Å². The molecule has 0 unspecified atom stereocenters. The fourth-order valence-corrected chi connectivity index (χ4v) is 4.26. The number of anilines is 1. The molecule has 132 valence electrons. The van der Waals surface area contributed by atoms with Crippen molar-refractivity contribution in [3.05, 3.63) is 51.8 Å². The van der Waals surface area contributed by atoms with Gasteiger partial charge >= 0.3 is 0 Å². The molecule has 2 bridgehead atoms. The molecule has 0 aromatic carbocycles. The number of hydrogen-bond acceptors (Lipinski definition) is 5. The molecule has 4 heterocycles. The molecular weight excluding hydrogens is 314 g/mol. The Kier molecular flexibility index (Phi) is 4.07. The van der Waals surface area contributed by atoms with Crippen molar-refractivity contribution in [1.82, 2.24) is 19.4 Å². The average molecular weight is 339 g/mol. The van der Waals surface area contributed by atoms with Gasteiger partial charge in [0, 0.05) is 49.9 Å². The minimum atomic E-state index is 0.131. The van der Waals surface area contributed by atoms with Gasteiger partial charge in [0.05, 0.1) is 5.69 Å². The molecule has 0 spiro atoms. The van der Waals surface area contributed by atoms with E-state index in [1.54, 1.807) is 6.07 Å². The minimum absolute atomic E-state index is 0.131. The summed E-state index contributed by atoms with van der Waals surface area (Å²) in [6, 6.07) is 7.78. The van der Waals surface area contributed by atoms with E-state index in [2.05, 4.69) is 41.0 Å². The second kappa shape index (κ2) is 6.26. The van der Waals surface area contributed by atoms with Gasteiger partial charge in [0.25, 0.3) is 5.56 Å². The first-order chi connectivity index (χ1) is 12.0. The molecule has 0 N–H and O–H groups in total. The molecule has 0 radical (unpaired) electrons. The molecule has 2 aliphatic heterocycles. The third-order valence-corrected chi connectivity index (χ3v) is 5.16. The smallest absolute Gasteiger partial charge is 0.250 e. The Balaban J connectivity index is 1.64. The van der Waals surface area contributed by atoms with Gasteiger partial charge in [0.1, 0.15) is 11.6 Å². The van der Waals surface area contributed by atoms with E-state index >= 15 is 0 Å². The lowest BCUT2D eigenvalue weighted by molar-refractivity contribution is 0.280. The lowest BCUT2D eigenvalue weighted by Gasteiger charge is -2.43. The fraction of sp³-hybridized carbons (Fsp3) is 0.526. The lowest BCUT2D eigenvalue weighted by atomic mass is 9.83. The van der Waals surface area contributed by atoms with Crippen molar-refractivity contribution in [1.29, 1.82) is 0 Å². The van der Waals surface area contributed by atoms with Crippen LogP contribution in [0.25, 0.3) is 0 Å². The summed E-state index contributed by atoms with van der Waals surface area (Å²) in [6.07, 6.45) is 1.16. The first kappa shape index (κ1) is 16.3. The molecule has 2 aliphatic rings. The number of aryl methyl sites for hydroxylation is 1. The highest BCUT2D eigenvalue weighted by Gasteiger charge is 2.35. The average Bonchev–Trinajstić information content (AvgIpc) is 2.54. The summed E-state index contributed by atoms with van der Waals surface area (Å²) in [6.45, 7) is 5.46. The standard InChI is InChI=1S/C19H25N5O/c1-13-20-16(12-22(2)3)8-18(21-13)23-9-14-7-15(11-23)17-5-4-6-19(25)24(17)10-14/h4-6,8,14-15H,7,9-12H2,1-3H3/t14-,15-/m0/s1. The molecule has 0 aliphatic carbocycles. The van der Waals surface area contributed by atoms with Gasteiger partial charge in [0.15, 0.2) is 0 Å². The SMILES string of the molecule is Cc1nc(CN(C)C)cc(N2C[C@@H]3C[C@@H](C2)c2cccc(=O)n2C3)n1. The number of fused-ring (bicyclic) bond motifs is 4. The van der Waals surface area contributed by atoms with E-state index in [4.69, 9.17) is 4.98 Å². The highest BCUT2D eigenvalue weighted by Crippen LogP contribution is 2.36. The van der Waals surface area contributed by atoms with Crippen LogP contribution < -0.4 is 10.5 Å². The molecule has 1 fully saturated rings. The Hall–Kier alpha value is -2.21. The van der Waals surface area contributed by atoms with Gasteiger partial charge in [-0.3, -0.25) is 4.79 Å². The predicted molar refractivity (Wildman–Crippen MR) is 97.9 cm³/mol. The summed E-state index contributed by atoms with van der Waals surface area (Å²) in [7, 11) is 4.11. The van der Waals surface area contributed by atoms with E-state index < -0.39 is 0 Å². The molecule has 6 nitrogen and oxygen atoms in total. The number of nitrogens with zero attached hydrogens (tertiary/aromatic N) is 5. The zero-order valence-corrected chi connectivity index (χ0v) is 15.1. The Morgan fingerprint density at radius 1 is 1.20 bits per heavy atom. The maximum Gasteiger partial charge on any atom is 0.250 e. The van der Waals surface area contributed by atoms with Crippen molar-refractivity contribution in [3.63, 3.8) is 0 Å². The Morgan fingerprint density at radius 3 is 2.84 bits per heavy atom. The first-order valence-electron chi connectivity index (χ1n) is 8.93. The molecule has 2 aromatic heterocycles. The molecule has 0 saturated carbocycles. The molecule has 0 amide bonds. The van der Waals surface area contributed by atoms with E-state index in [9.17, 15) is 4.79 Å². The largest absolute Gasteiger partial charge is 0.355 e. The van der Waals surface area contributed by atoms with Gasteiger partial charge in [0.2, 0.25) is 0 Å². The molecule has 6 heteroatoms. The van der Waals surface area contributed by atoms with Crippen molar-refractivity contribution in [2.24, 2.45) is 5.92 Å². The summed E-state index contributed by atoms with van der Waals surface area (Å²) in [4.78, 5) is 25.9. The Morgan fingerprint density at radius 2 is 2.04 bits per heavy atom. The number of pyridine rings is 1. The van der Waals surface area contributed by atoms with Crippen molar-refractivity contribution in [2.45, 2.75) is 32.4 Å². The van der Waals surface area contributed by atoms with E-state index in [0.717, 1.165) is 49.9 Å². The Labute approximate surface area is 148 Å². The van der Waals surface area contributed by atoms with Crippen LogP contribution in [-0.2, 0) is 13.1 Å². The Bertz CT molecular complexity index is 844. The summed E-state index contributed by atoms with van der Waals surface area (Å²) >= 11 is 0. The van der Waals surface area contributed by atoms with Gasteiger partial charge < -0.3 is 14.4 Å². The number of piperidine rings is 1. The van der Waals surface area contributed by atoms with Crippen LogP contribution in [0.3, 0.4) is 0 Å². The van der Waals surface area contributed by atoms with Crippen molar-refractivity contribution < 1.29 is 0 Å². The summed E-state index contributed by atoms with van der Waals surface area (Å²) in [5.41, 5.74) is 2.36. The summed E-state index contributed by atoms with van der Waals surface area (Å²) < 4.78 is 1.97. The van der Waals surface area contributed by atoms with Crippen LogP contribution in [0.1, 0.15) is 29.6 Å². The summed E-state index contributed by atoms with van der Waals surface area (Å²) in [5.74, 6) is 2.74. The molecule has 2 aromatic rings. The zero-order chi connectivity index (χ0) is 17.6. The normalized spacial score (nSPS) is 22.2. The van der Waals surface area contributed by atoms with E-state index in [-0.39, 0.29) is 5.56 Å². The van der Waals surface area contributed by atoms with Crippen LogP contribution >= 0.6 is 0 Å².